The van der Waals surface area contributed by atoms with E-state index in [-0.39, 0.29) is 29.7 Å². The van der Waals surface area contributed by atoms with Gasteiger partial charge in [-0.05, 0) is 36.2 Å². The minimum atomic E-state index is -1.25. The van der Waals surface area contributed by atoms with E-state index in [0.29, 0.717) is 17.1 Å². The maximum atomic E-state index is 13.7. The predicted molar refractivity (Wildman–Crippen MR) is 111 cm³/mol. The third kappa shape index (κ3) is 2.26. The van der Waals surface area contributed by atoms with E-state index in [1.165, 1.54) is 4.90 Å². The molecule has 3 amide bonds. The lowest BCUT2D eigenvalue weighted by Crippen LogP contribution is -2.54. The molecule has 154 valence electrons. The molecule has 2 fully saturated rings. The van der Waals surface area contributed by atoms with Gasteiger partial charge in [0, 0.05) is 17.3 Å². The lowest BCUT2D eigenvalue weighted by Gasteiger charge is -2.30. The van der Waals surface area contributed by atoms with Gasteiger partial charge in [0.2, 0.25) is 17.7 Å². The van der Waals surface area contributed by atoms with Crippen LogP contribution in [0.3, 0.4) is 0 Å². The average Bonchev–Trinajstić information content (AvgIpc) is 3.33. The lowest BCUT2D eigenvalue weighted by molar-refractivity contribution is -0.130. The van der Waals surface area contributed by atoms with E-state index in [1.54, 1.807) is 31.4 Å². The first kappa shape index (κ1) is 18.8. The zero-order valence-corrected chi connectivity index (χ0v) is 17.0. The highest BCUT2D eigenvalue weighted by Gasteiger charge is 2.70. The number of benzene rings is 2. The molecule has 2 aromatic rings. The Morgan fingerprint density at radius 2 is 1.70 bits per heavy atom. The number of carbonyl (C=O) groups excluding carboxylic acids is 3. The third-order valence-corrected chi connectivity index (χ3v) is 6.61. The first-order chi connectivity index (χ1) is 14.4. The van der Waals surface area contributed by atoms with Gasteiger partial charge in [0.05, 0.1) is 24.6 Å². The molecule has 4 atom stereocenters. The molecule has 0 radical (unpaired) electrons. The zero-order chi connectivity index (χ0) is 21.2. The summed E-state index contributed by atoms with van der Waals surface area (Å²) in [5.74, 6) is -1.61. The van der Waals surface area contributed by atoms with Crippen molar-refractivity contribution in [1.29, 1.82) is 0 Å². The fraction of sp³-hybridized carbons (Fsp3) is 0.348. The summed E-state index contributed by atoms with van der Waals surface area (Å²) >= 11 is 0. The molecule has 0 unspecified atom stereocenters. The molecule has 7 heteroatoms. The molecule has 3 aliphatic heterocycles. The van der Waals surface area contributed by atoms with E-state index in [4.69, 9.17) is 4.74 Å². The van der Waals surface area contributed by atoms with Crippen LogP contribution in [0.1, 0.15) is 19.4 Å². The molecule has 30 heavy (non-hydrogen) atoms. The molecule has 2 aromatic carbocycles. The monoisotopic (exact) mass is 405 g/mol. The molecular formula is C23H23N3O4. The topological polar surface area (TPSA) is 87.7 Å². The minimum absolute atomic E-state index is 0.0602. The van der Waals surface area contributed by atoms with Gasteiger partial charge in [-0.25, -0.2) is 4.90 Å². The van der Waals surface area contributed by atoms with Crippen LogP contribution >= 0.6 is 0 Å². The number of amides is 3. The van der Waals surface area contributed by atoms with E-state index in [1.807, 2.05) is 38.1 Å². The van der Waals surface area contributed by atoms with Crippen molar-refractivity contribution in [1.82, 2.24) is 5.32 Å². The molecule has 0 saturated carbocycles. The Bertz CT molecular complexity index is 1060. The van der Waals surface area contributed by atoms with Crippen LogP contribution in [0.2, 0.25) is 0 Å². The summed E-state index contributed by atoms with van der Waals surface area (Å²) < 4.78 is 5.19. The molecule has 0 aliphatic carbocycles. The molecule has 7 nitrogen and oxygen atoms in total. The Balaban J connectivity index is 1.65. The van der Waals surface area contributed by atoms with E-state index < -0.39 is 17.4 Å². The number of rotatable bonds is 3. The Morgan fingerprint density at radius 1 is 1.00 bits per heavy atom. The number of imide groups is 1. The number of hydrogen-bond donors (Lipinski definition) is 2. The van der Waals surface area contributed by atoms with Crippen molar-refractivity contribution in [2.24, 2.45) is 17.8 Å². The van der Waals surface area contributed by atoms with Crippen LogP contribution in [0.25, 0.3) is 0 Å². The fourth-order valence-electron chi connectivity index (χ4n) is 5.25. The Kier molecular flexibility index (Phi) is 4.02. The Hall–Kier alpha value is -3.19. The van der Waals surface area contributed by atoms with E-state index in [0.717, 1.165) is 5.56 Å². The molecule has 5 rings (SSSR count). The van der Waals surface area contributed by atoms with E-state index in [9.17, 15) is 14.4 Å². The van der Waals surface area contributed by atoms with Crippen LogP contribution < -0.4 is 20.3 Å². The maximum Gasteiger partial charge on any atom is 0.250 e. The zero-order valence-electron chi connectivity index (χ0n) is 17.0. The summed E-state index contributed by atoms with van der Waals surface area (Å²) in [6.07, 6.45) is 0. The SMILES string of the molecule is COc1ccc(N2C(=O)[C@@H]3[C@@H](C(C)C)N[C@]4(C(=O)Nc5ccccc54)[C@H]3C2=O)cc1. The van der Waals surface area contributed by atoms with Crippen LogP contribution in [0.15, 0.2) is 48.5 Å². The summed E-state index contributed by atoms with van der Waals surface area (Å²) in [5, 5.41) is 6.33. The number of nitrogens with one attached hydrogen (secondary N) is 2. The van der Waals surface area contributed by atoms with Crippen LogP contribution in [0.5, 0.6) is 5.75 Å². The number of para-hydroxylation sites is 1. The normalized spacial score (nSPS) is 29.5. The van der Waals surface area contributed by atoms with Gasteiger partial charge in [0.15, 0.2) is 0 Å². The van der Waals surface area contributed by atoms with Gasteiger partial charge < -0.3 is 10.1 Å². The van der Waals surface area contributed by atoms with Crippen LogP contribution in [-0.4, -0.2) is 30.9 Å². The smallest absolute Gasteiger partial charge is 0.250 e. The largest absolute Gasteiger partial charge is 0.497 e. The Labute approximate surface area is 174 Å². The standard InChI is InChI=1S/C23H23N3O4/c1-12(2)19-17-18(23(25-19)15-6-4-5-7-16(15)24-22(23)29)21(28)26(20(17)27)13-8-10-14(30-3)11-9-13/h4-12,17-19,25H,1-3H3,(H,24,29)/t17-,18+,19+,23-/m0/s1. The maximum absolute atomic E-state index is 13.7. The third-order valence-electron chi connectivity index (χ3n) is 6.61. The van der Waals surface area contributed by atoms with Crippen LogP contribution in [0.4, 0.5) is 11.4 Å². The van der Waals surface area contributed by atoms with Gasteiger partial charge in [0.25, 0.3) is 0 Å². The van der Waals surface area contributed by atoms with Gasteiger partial charge in [-0.1, -0.05) is 32.0 Å². The van der Waals surface area contributed by atoms with Gasteiger partial charge in [-0.15, -0.1) is 0 Å². The molecule has 1 spiro atoms. The Morgan fingerprint density at radius 3 is 2.37 bits per heavy atom. The van der Waals surface area contributed by atoms with E-state index >= 15 is 0 Å². The number of fused-ring (bicyclic) bond motifs is 4. The molecule has 3 heterocycles. The lowest BCUT2D eigenvalue weighted by atomic mass is 9.76. The van der Waals surface area contributed by atoms with Gasteiger partial charge in [-0.2, -0.15) is 0 Å². The quantitative estimate of drug-likeness (QED) is 0.765. The summed E-state index contributed by atoms with van der Waals surface area (Å²) in [6.45, 7) is 4.00. The summed E-state index contributed by atoms with van der Waals surface area (Å²) in [6, 6.07) is 13.9. The number of ether oxygens (including phenoxy) is 1. The molecule has 2 saturated heterocycles. The highest BCUT2D eigenvalue weighted by Crippen LogP contribution is 2.54. The molecule has 2 N–H and O–H groups in total. The van der Waals surface area contributed by atoms with Gasteiger partial charge >= 0.3 is 0 Å². The van der Waals surface area contributed by atoms with Crippen molar-refractivity contribution < 1.29 is 19.1 Å². The summed E-state index contributed by atoms with van der Waals surface area (Å²) in [4.78, 5) is 41.7. The number of nitrogens with zero attached hydrogens (tertiary/aromatic N) is 1. The molecular weight excluding hydrogens is 382 g/mol. The second-order valence-corrected chi connectivity index (χ2v) is 8.44. The van der Waals surface area contributed by atoms with Gasteiger partial charge in [0.1, 0.15) is 11.3 Å². The van der Waals surface area contributed by atoms with Crippen molar-refractivity contribution in [3.8, 4) is 5.75 Å². The molecule has 0 bridgehead atoms. The fourth-order valence-corrected chi connectivity index (χ4v) is 5.25. The highest BCUT2D eigenvalue weighted by atomic mass is 16.5. The average molecular weight is 405 g/mol. The predicted octanol–water partition coefficient (Wildman–Crippen LogP) is 2.28. The van der Waals surface area contributed by atoms with Crippen molar-refractivity contribution in [3.05, 3.63) is 54.1 Å². The van der Waals surface area contributed by atoms with Crippen molar-refractivity contribution >= 4 is 29.1 Å². The number of methoxy groups -OCH3 is 1. The van der Waals surface area contributed by atoms with Crippen molar-refractivity contribution in [3.63, 3.8) is 0 Å². The number of anilines is 2. The van der Waals surface area contributed by atoms with Crippen LogP contribution in [0, 0.1) is 17.8 Å². The highest BCUT2D eigenvalue weighted by molar-refractivity contribution is 6.25. The van der Waals surface area contributed by atoms with Gasteiger partial charge in [-0.3, -0.25) is 19.7 Å². The second-order valence-electron chi connectivity index (χ2n) is 8.44. The number of carbonyl (C=O) groups is 3. The first-order valence-electron chi connectivity index (χ1n) is 10.1. The van der Waals surface area contributed by atoms with Crippen molar-refractivity contribution in [2.45, 2.75) is 25.4 Å². The molecule has 3 aliphatic rings. The summed E-state index contributed by atoms with van der Waals surface area (Å²) in [7, 11) is 1.56. The van der Waals surface area contributed by atoms with Crippen LogP contribution in [-0.2, 0) is 19.9 Å². The summed E-state index contributed by atoms with van der Waals surface area (Å²) in [5.41, 5.74) is 0.654. The van der Waals surface area contributed by atoms with Crippen molar-refractivity contribution in [2.75, 3.05) is 17.3 Å². The van der Waals surface area contributed by atoms with E-state index in [2.05, 4.69) is 10.6 Å². The molecule has 0 aromatic heterocycles. The second kappa shape index (κ2) is 6.40. The minimum Gasteiger partial charge on any atom is -0.497 e. The number of hydrogen-bond acceptors (Lipinski definition) is 5. The first-order valence-corrected chi connectivity index (χ1v) is 10.1.